The highest BCUT2D eigenvalue weighted by Gasteiger charge is 2.15. The number of nitrogens with two attached hydrogens (primary N) is 1. The molecule has 1 heterocycles. The van der Waals surface area contributed by atoms with Crippen molar-refractivity contribution in [3.63, 3.8) is 0 Å². The molecule has 0 saturated carbocycles. The number of nitrogens with one attached hydrogen (secondary N) is 1. The summed E-state index contributed by atoms with van der Waals surface area (Å²) in [5.41, 5.74) is 2.90. The van der Waals surface area contributed by atoms with E-state index in [1.165, 1.54) is 0 Å². The normalized spacial score (nSPS) is 12.8. The second-order valence-electron chi connectivity index (χ2n) is 4.46. The third kappa shape index (κ3) is 3.78. The van der Waals surface area contributed by atoms with Crippen molar-refractivity contribution in [2.75, 3.05) is 0 Å². The van der Waals surface area contributed by atoms with Crippen LogP contribution in [0.15, 0.2) is 10.5 Å². The molecule has 5 heteroatoms. The summed E-state index contributed by atoms with van der Waals surface area (Å²) in [6, 6.07) is 1.89. The number of hydrazine groups is 1. The monoisotopic (exact) mass is 256 g/mol. The van der Waals surface area contributed by atoms with Gasteiger partial charge in [0.15, 0.2) is 5.76 Å². The summed E-state index contributed by atoms with van der Waals surface area (Å²) in [6.07, 6.45) is 0. The van der Waals surface area contributed by atoms with Crippen LogP contribution in [0.25, 0.3) is 0 Å². The molecule has 0 aliphatic rings. The maximum absolute atomic E-state index is 11.4. The van der Waals surface area contributed by atoms with Gasteiger partial charge in [0.2, 0.25) is 0 Å². The number of carbonyl (C=O) groups excluding carboxylic acids is 1. The molecule has 0 aliphatic carbocycles. The average molecular weight is 256 g/mol. The molecule has 1 aromatic heterocycles. The summed E-state index contributed by atoms with van der Waals surface area (Å²) in [4.78, 5) is 11.4. The first-order valence-corrected chi connectivity index (χ1v) is 6.72. The fourth-order valence-corrected chi connectivity index (χ4v) is 2.27. The Morgan fingerprint density at radius 3 is 2.71 bits per heavy atom. The maximum Gasteiger partial charge on any atom is 0.301 e. The molecule has 0 radical (unpaired) electrons. The number of amides is 1. The lowest BCUT2D eigenvalue weighted by atomic mass is 10.2. The number of nitrogen functional groups attached to an aromatic ring is 1. The van der Waals surface area contributed by atoms with E-state index in [9.17, 15) is 4.79 Å². The van der Waals surface area contributed by atoms with Crippen LogP contribution in [0.3, 0.4) is 0 Å². The quantitative estimate of drug-likeness (QED) is 0.482. The number of aryl methyl sites for hydroxylation is 1. The van der Waals surface area contributed by atoms with Crippen LogP contribution in [0.1, 0.15) is 42.6 Å². The molecule has 1 amide bonds. The Morgan fingerprint density at radius 1 is 1.53 bits per heavy atom. The first-order chi connectivity index (χ1) is 7.95. The standard InChI is InChI=1S/C12H20N2O2S/c1-7(2)9(4)17-6-10-5-8(3)11(16-10)12(15)14-13/h5,7,9H,6,13H2,1-4H3,(H,14,15). The number of furan rings is 1. The average Bonchev–Trinajstić information content (AvgIpc) is 2.66. The second kappa shape index (κ2) is 6.12. The van der Waals surface area contributed by atoms with Gasteiger partial charge < -0.3 is 4.42 Å². The predicted octanol–water partition coefficient (Wildman–Crippen LogP) is 2.47. The molecular weight excluding hydrogens is 236 g/mol. The molecule has 1 atom stereocenters. The molecule has 0 aliphatic heterocycles. The van der Waals surface area contributed by atoms with Gasteiger partial charge in [0.25, 0.3) is 0 Å². The number of hydrogen-bond acceptors (Lipinski definition) is 4. The molecule has 1 aromatic rings. The van der Waals surface area contributed by atoms with Gasteiger partial charge in [0.1, 0.15) is 5.76 Å². The summed E-state index contributed by atoms with van der Waals surface area (Å²) in [7, 11) is 0. The number of rotatable bonds is 5. The van der Waals surface area contributed by atoms with Crippen LogP contribution in [0.5, 0.6) is 0 Å². The van der Waals surface area contributed by atoms with E-state index >= 15 is 0 Å². The van der Waals surface area contributed by atoms with Crippen molar-refractivity contribution in [1.82, 2.24) is 5.43 Å². The van der Waals surface area contributed by atoms with Gasteiger partial charge in [0.05, 0.1) is 5.75 Å². The molecule has 17 heavy (non-hydrogen) atoms. The third-order valence-corrected chi connectivity index (χ3v) is 4.25. The van der Waals surface area contributed by atoms with Gasteiger partial charge >= 0.3 is 5.91 Å². The highest BCUT2D eigenvalue weighted by Crippen LogP contribution is 2.25. The van der Waals surface area contributed by atoms with Crippen LogP contribution >= 0.6 is 11.8 Å². The Kier molecular flexibility index (Phi) is 5.08. The summed E-state index contributed by atoms with van der Waals surface area (Å²) in [5, 5.41) is 0.562. The van der Waals surface area contributed by atoms with Crippen molar-refractivity contribution >= 4 is 17.7 Å². The van der Waals surface area contributed by atoms with Crippen LogP contribution in [0.4, 0.5) is 0 Å². The molecular formula is C12H20N2O2S. The SMILES string of the molecule is Cc1cc(CSC(C)C(C)C)oc1C(=O)NN. The van der Waals surface area contributed by atoms with Gasteiger partial charge in [-0.3, -0.25) is 10.2 Å². The molecule has 4 nitrogen and oxygen atoms in total. The highest BCUT2D eigenvalue weighted by molar-refractivity contribution is 7.99. The van der Waals surface area contributed by atoms with Crippen molar-refractivity contribution in [1.29, 1.82) is 0 Å². The number of carbonyl (C=O) groups is 1. The first kappa shape index (κ1) is 14.1. The van der Waals surface area contributed by atoms with Gasteiger partial charge in [-0.1, -0.05) is 20.8 Å². The van der Waals surface area contributed by atoms with Crippen LogP contribution in [-0.4, -0.2) is 11.2 Å². The smallest absolute Gasteiger partial charge is 0.301 e. The lowest BCUT2D eigenvalue weighted by Crippen LogP contribution is -2.30. The zero-order chi connectivity index (χ0) is 13.0. The fraction of sp³-hybridized carbons (Fsp3) is 0.583. The minimum Gasteiger partial charge on any atom is -0.455 e. The topological polar surface area (TPSA) is 68.3 Å². The van der Waals surface area contributed by atoms with E-state index in [2.05, 4.69) is 26.2 Å². The molecule has 0 bridgehead atoms. The van der Waals surface area contributed by atoms with Crippen molar-refractivity contribution in [3.05, 3.63) is 23.2 Å². The summed E-state index contributed by atoms with van der Waals surface area (Å²) in [6.45, 7) is 8.42. The highest BCUT2D eigenvalue weighted by atomic mass is 32.2. The van der Waals surface area contributed by atoms with Gasteiger partial charge in [-0.2, -0.15) is 11.8 Å². The molecule has 0 spiro atoms. The summed E-state index contributed by atoms with van der Waals surface area (Å²) < 4.78 is 5.48. The Bertz CT molecular complexity index is 388. The van der Waals surface area contributed by atoms with Crippen molar-refractivity contribution in [2.24, 2.45) is 11.8 Å². The zero-order valence-corrected chi connectivity index (χ0v) is 11.6. The first-order valence-electron chi connectivity index (χ1n) is 5.67. The van der Waals surface area contributed by atoms with E-state index in [1.807, 2.05) is 24.8 Å². The van der Waals surface area contributed by atoms with Crippen molar-refractivity contribution in [3.8, 4) is 0 Å². The minimum absolute atomic E-state index is 0.306. The molecule has 0 saturated heterocycles. The summed E-state index contributed by atoms with van der Waals surface area (Å²) >= 11 is 1.82. The fourth-order valence-electron chi connectivity index (χ4n) is 1.32. The van der Waals surface area contributed by atoms with Gasteiger partial charge in [-0.15, -0.1) is 0 Å². The third-order valence-electron chi connectivity index (χ3n) is 2.73. The van der Waals surface area contributed by atoms with E-state index < -0.39 is 0 Å². The van der Waals surface area contributed by atoms with E-state index in [-0.39, 0.29) is 5.91 Å². The van der Waals surface area contributed by atoms with E-state index in [4.69, 9.17) is 10.3 Å². The molecule has 1 unspecified atom stereocenters. The van der Waals surface area contributed by atoms with Gasteiger partial charge in [-0.05, 0) is 18.9 Å². The molecule has 0 aromatic carbocycles. The van der Waals surface area contributed by atoms with Crippen LogP contribution in [0.2, 0.25) is 0 Å². The minimum atomic E-state index is -0.379. The Morgan fingerprint density at radius 2 is 2.18 bits per heavy atom. The van der Waals surface area contributed by atoms with Crippen LogP contribution in [-0.2, 0) is 5.75 Å². The van der Waals surface area contributed by atoms with E-state index in [0.29, 0.717) is 16.9 Å². The predicted molar refractivity (Wildman–Crippen MR) is 70.7 cm³/mol. The van der Waals surface area contributed by atoms with Crippen molar-refractivity contribution in [2.45, 2.75) is 38.7 Å². The zero-order valence-electron chi connectivity index (χ0n) is 10.7. The van der Waals surface area contributed by atoms with Gasteiger partial charge in [-0.25, -0.2) is 5.84 Å². The summed E-state index contributed by atoms with van der Waals surface area (Å²) in [5.74, 6) is 7.23. The Balaban J connectivity index is 2.65. The molecule has 0 fully saturated rings. The van der Waals surface area contributed by atoms with Gasteiger partial charge in [0, 0.05) is 10.8 Å². The molecule has 1 rings (SSSR count). The number of hydrogen-bond donors (Lipinski definition) is 2. The Labute approximate surface area is 106 Å². The van der Waals surface area contributed by atoms with E-state index in [1.54, 1.807) is 0 Å². The van der Waals surface area contributed by atoms with E-state index in [0.717, 1.165) is 17.1 Å². The maximum atomic E-state index is 11.4. The second-order valence-corrected chi connectivity index (χ2v) is 5.82. The van der Waals surface area contributed by atoms with Crippen molar-refractivity contribution < 1.29 is 9.21 Å². The van der Waals surface area contributed by atoms with Crippen LogP contribution in [0, 0.1) is 12.8 Å². The molecule has 3 N–H and O–H groups in total. The number of thioether (sulfide) groups is 1. The van der Waals surface area contributed by atoms with Crippen LogP contribution < -0.4 is 11.3 Å². The molecule has 96 valence electrons. The Hall–Kier alpha value is -0.940. The largest absolute Gasteiger partial charge is 0.455 e. The lowest BCUT2D eigenvalue weighted by molar-refractivity contribution is 0.0923. The lowest BCUT2D eigenvalue weighted by Gasteiger charge is -2.13.